The second-order valence-corrected chi connectivity index (χ2v) is 7.19. The average molecular weight is 338 g/mol. The van der Waals surface area contributed by atoms with Crippen LogP contribution in [0.4, 0.5) is 4.79 Å². The van der Waals surface area contributed by atoms with Crippen molar-refractivity contribution in [2.75, 3.05) is 6.54 Å². The van der Waals surface area contributed by atoms with Crippen LogP contribution in [-0.4, -0.2) is 35.2 Å². The standard InChI is InChI=1S/C19H34N2O3/c1-4-5-6-7-8-9-10-11-12-16(22)13-14-21-17(15(2)3)18(23)20-19(21)24/h15,17H,4-14H2,1-3H3,(H,20,23,24). The molecular weight excluding hydrogens is 304 g/mol. The lowest BCUT2D eigenvalue weighted by Gasteiger charge is -2.24. The van der Waals surface area contributed by atoms with Crippen LogP contribution >= 0.6 is 0 Å². The van der Waals surface area contributed by atoms with E-state index in [0.717, 1.165) is 12.8 Å². The first-order chi connectivity index (χ1) is 11.5. The molecular formula is C19H34N2O3. The molecule has 0 aromatic heterocycles. The number of amides is 3. The normalized spacial score (nSPS) is 17.7. The molecule has 0 spiro atoms. The van der Waals surface area contributed by atoms with Crippen LogP contribution in [-0.2, 0) is 9.59 Å². The van der Waals surface area contributed by atoms with E-state index in [2.05, 4.69) is 12.2 Å². The molecule has 1 saturated heterocycles. The summed E-state index contributed by atoms with van der Waals surface area (Å²) in [5, 5.41) is 2.34. The summed E-state index contributed by atoms with van der Waals surface area (Å²) in [6, 6.07) is -0.799. The highest BCUT2D eigenvalue weighted by Crippen LogP contribution is 2.18. The molecule has 138 valence electrons. The number of ketones is 1. The van der Waals surface area contributed by atoms with Gasteiger partial charge in [0.1, 0.15) is 11.8 Å². The number of urea groups is 1. The van der Waals surface area contributed by atoms with E-state index in [1.54, 1.807) is 0 Å². The van der Waals surface area contributed by atoms with Crippen LogP contribution in [0, 0.1) is 5.92 Å². The molecule has 5 heteroatoms. The highest BCUT2D eigenvalue weighted by Gasteiger charge is 2.39. The Morgan fingerprint density at radius 2 is 1.58 bits per heavy atom. The maximum absolute atomic E-state index is 12.0. The predicted octanol–water partition coefficient (Wildman–Crippen LogP) is 4.05. The number of imide groups is 1. The van der Waals surface area contributed by atoms with Gasteiger partial charge in [0.15, 0.2) is 0 Å². The SMILES string of the molecule is CCCCCCCCCCC(=O)CCN1C(=O)NC(=O)C1C(C)C. The maximum atomic E-state index is 12.0. The Bertz CT molecular complexity index is 421. The first kappa shape index (κ1) is 20.7. The van der Waals surface area contributed by atoms with Crippen LogP contribution in [0.25, 0.3) is 0 Å². The van der Waals surface area contributed by atoms with Crippen molar-refractivity contribution in [2.45, 2.75) is 91.0 Å². The van der Waals surface area contributed by atoms with Crippen LogP contribution in [0.5, 0.6) is 0 Å². The lowest BCUT2D eigenvalue weighted by atomic mass is 10.0. The van der Waals surface area contributed by atoms with E-state index in [4.69, 9.17) is 0 Å². The lowest BCUT2D eigenvalue weighted by molar-refractivity contribution is -0.123. The van der Waals surface area contributed by atoms with Crippen molar-refractivity contribution in [3.63, 3.8) is 0 Å². The van der Waals surface area contributed by atoms with Crippen LogP contribution in [0.2, 0.25) is 0 Å². The van der Waals surface area contributed by atoms with Gasteiger partial charge < -0.3 is 4.90 Å². The topological polar surface area (TPSA) is 66.5 Å². The van der Waals surface area contributed by atoms with Crippen LogP contribution in [0.1, 0.15) is 85.0 Å². The average Bonchev–Trinajstić information content (AvgIpc) is 2.81. The van der Waals surface area contributed by atoms with Gasteiger partial charge in [-0.05, 0) is 12.3 Å². The third kappa shape index (κ3) is 7.02. The van der Waals surface area contributed by atoms with E-state index in [-0.39, 0.29) is 23.6 Å². The van der Waals surface area contributed by atoms with Crippen LogP contribution in [0.3, 0.4) is 0 Å². The van der Waals surface area contributed by atoms with Crippen molar-refractivity contribution in [1.29, 1.82) is 0 Å². The summed E-state index contributed by atoms with van der Waals surface area (Å²) in [5.74, 6) is 0.000389. The number of hydrogen-bond donors (Lipinski definition) is 1. The smallest absolute Gasteiger partial charge is 0.312 e. The lowest BCUT2D eigenvalue weighted by Crippen LogP contribution is -2.40. The van der Waals surface area contributed by atoms with Crippen molar-refractivity contribution in [2.24, 2.45) is 5.92 Å². The minimum Gasteiger partial charge on any atom is -0.312 e. The van der Waals surface area contributed by atoms with E-state index in [1.807, 2.05) is 13.8 Å². The molecule has 0 bridgehead atoms. The summed E-state index contributed by atoms with van der Waals surface area (Å²) in [5.41, 5.74) is 0. The Labute approximate surface area is 146 Å². The number of nitrogens with one attached hydrogen (secondary N) is 1. The predicted molar refractivity (Wildman–Crippen MR) is 95.7 cm³/mol. The zero-order valence-electron chi connectivity index (χ0n) is 15.6. The Morgan fingerprint density at radius 3 is 2.17 bits per heavy atom. The van der Waals surface area contributed by atoms with Gasteiger partial charge in [-0.15, -0.1) is 0 Å². The second-order valence-electron chi connectivity index (χ2n) is 7.19. The number of unbranched alkanes of at least 4 members (excludes halogenated alkanes) is 7. The van der Waals surface area contributed by atoms with Gasteiger partial charge >= 0.3 is 6.03 Å². The Hall–Kier alpha value is -1.39. The molecule has 0 aliphatic carbocycles. The van der Waals surface area contributed by atoms with Gasteiger partial charge in [-0.3, -0.25) is 14.9 Å². The highest BCUT2D eigenvalue weighted by atomic mass is 16.2. The Morgan fingerprint density at radius 1 is 1.00 bits per heavy atom. The minimum atomic E-state index is -0.437. The van der Waals surface area contributed by atoms with Crippen molar-refractivity contribution in [3.05, 3.63) is 0 Å². The molecule has 5 nitrogen and oxygen atoms in total. The van der Waals surface area contributed by atoms with Gasteiger partial charge in [0.2, 0.25) is 0 Å². The zero-order chi connectivity index (χ0) is 17.9. The van der Waals surface area contributed by atoms with Crippen molar-refractivity contribution in [1.82, 2.24) is 10.2 Å². The summed E-state index contributed by atoms with van der Waals surface area (Å²) < 4.78 is 0. The van der Waals surface area contributed by atoms with Gasteiger partial charge in [-0.2, -0.15) is 0 Å². The van der Waals surface area contributed by atoms with Crippen molar-refractivity contribution < 1.29 is 14.4 Å². The Balaban J connectivity index is 2.15. The third-order valence-corrected chi connectivity index (χ3v) is 4.67. The summed E-state index contributed by atoms with van der Waals surface area (Å²) in [6.45, 7) is 6.39. The van der Waals surface area contributed by atoms with Gasteiger partial charge in [-0.1, -0.05) is 65.7 Å². The molecule has 0 radical (unpaired) electrons. The molecule has 1 unspecified atom stereocenters. The molecule has 1 aliphatic heterocycles. The molecule has 24 heavy (non-hydrogen) atoms. The van der Waals surface area contributed by atoms with Crippen LogP contribution in [0.15, 0.2) is 0 Å². The Kier molecular flexibility index (Phi) is 9.65. The highest BCUT2D eigenvalue weighted by molar-refractivity contribution is 6.04. The maximum Gasteiger partial charge on any atom is 0.324 e. The number of carbonyl (C=O) groups is 3. The largest absolute Gasteiger partial charge is 0.324 e. The van der Waals surface area contributed by atoms with E-state index >= 15 is 0 Å². The van der Waals surface area contributed by atoms with Gasteiger partial charge in [0, 0.05) is 19.4 Å². The first-order valence-corrected chi connectivity index (χ1v) is 9.60. The molecule has 0 aromatic rings. The fourth-order valence-electron chi connectivity index (χ4n) is 3.25. The number of nitrogens with zero attached hydrogens (tertiary/aromatic N) is 1. The van der Waals surface area contributed by atoms with Gasteiger partial charge in [0.05, 0.1) is 0 Å². The number of hydrogen-bond acceptors (Lipinski definition) is 3. The molecule has 3 amide bonds. The summed E-state index contributed by atoms with van der Waals surface area (Å²) in [4.78, 5) is 37.1. The fourth-order valence-corrected chi connectivity index (χ4v) is 3.25. The number of rotatable bonds is 13. The molecule has 1 atom stereocenters. The molecule has 0 aromatic carbocycles. The quantitative estimate of drug-likeness (QED) is 0.407. The molecule has 0 saturated carbocycles. The fraction of sp³-hybridized carbons (Fsp3) is 0.842. The van der Waals surface area contributed by atoms with E-state index in [9.17, 15) is 14.4 Å². The van der Waals surface area contributed by atoms with Gasteiger partial charge in [0.25, 0.3) is 5.91 Å². The number of Topliss-reactive ketones (excluding diaryl/α,β-unsaturated/α-hetero) is 1. The summed E-state index contributed by atoms with van der Waals surface area (Å²) >= 11 is 0. The van der Waals surface area contributed by atoms with Crippen LogP contribution < -0.4 is 5.32 Å². The molecule has 1 N–H and O–H groups in total. The zero-order valence-corrected chi connectivity index (χ0v) is 15.6. The number of carbonyl (C=O) groups excluding carboxylic acids is 3. The first-order valence-electron chi connectivity index (χ1n) is 9.60. The molecule has 1 aliphatic rings. The second kappa shape index (κ2) is 11.2. The molecule has 1 rings (SSSR count). The summed E-state index contributed by atoms with van der Waals surface area (Å²) in [6.07, 6.45) is 10.7. The third-order valence-electron chi connectivity index (χ3n) is 4.67. The van der Waals surface area contributed by atoms with E-state index < -0.39 is 6.04 Å². The van der Waals surface area contributed by atoms with E-state index in [0.29, 0.717) is 19.4 Å². The minimum absolute atomic E-state index is 0.0549. The van der Waals surface area contributed by atoms with Gasteiger partial charge in [-0.25, -0.2) is 4.79 Å². The van der Waals surface area contributed by atoms with Crippen molar-refractivity contribution >= 4 is 17.7 Å². The summed E-state index contributed by atoms with van der Waals surface area (Å²) in [7, 11) is 0. The molecule has 1 fully saturated rings. The van der Waals surface area contributed by atoms with E-state index in [1.165, 1.54) is 43.4 Å². The van der Waals surface area contributed by atoms with Crippen molar-refractivity contribution in [3.8, 4) is 0 Å². The molecule has 1 heterocycles. The monoisotopic (exact) mass is 338 g/mol.